The van der Waals surface area contributed by atoms with Crippen LogP contribution in [0.1, 0.15) is 52.0 Å². The molecule has 0 aliphatic rings. The van der Waals surface area contributed by atoms with Crippen molar-refractivity contribution in [1.82, 2.24) is 0 Å². The van der Waals surface area contributed by atoms with Crippen LogP contribution >= 0.6 is 11.3 Å². The third-order valence-corrected chi connectivity index (χ3v) is 9.68. The van der Waals surface area contributed by atoms with E-state index in [1.807, 2.05) is 11.3 Å². The molecule has 0 aliphatic heterocycles. The average molecular weight is 285 g/mol. The number of hydrogen-bond donors (Lipinski definition) is 0. The second kappa shape index (κ2) is 5.10. The van der Waals surface area contributed by atoms with Crippen molar-refractivity contribution in [2.75, 3.05) is 0 Å². The van der Waals surface area contributed by atoms with Crippen LogP contribution in [0.3, 0.4) is 0 Å². The molecule has 0 radical (unpaired) electrons. The molecule has 1 heterocycles. The van der Waals surface area contributed by atoms with E-state index >= 15 is 0 Å². The Hall–Kier alpha value is -0.123. The molecular formula is C15H28OSSi. The summed E-state index contributed by atoms with van der Waals surface area (Å²) in [6, 6.07) is 2.22. The Morgan fingerprint density at radius 1 is 1.11 bits per heavy atom. The first-order chi connectivity index (χ1) is 7.95. The van der Waals surface area contributed by atoms with Crippen LogP contribution in [0.2, 0.25) is 18.1 Å². The van der Waals surface area contributed by atoms with Gasteiger partial charge in [-0.1, -0.05) is 41.5 Å². The van der Waals surface area contributed by atoms with Gasteiger partial charge in [0.15, 0.2) is 8.32 Å². The lowest BCUT2D eigenvalue weighted by atomic mass is 9.92. The lowest BCUT2D eigenvalue weighted by Gasteiger charge is -2.36. The molecule has 0 amide bonds. The van der Waals surface area contributed by atoms with E-state index in [0.29, 0.717) is 0 Å². The van der Waals surface area contributed by atoms with Crippen LogP contribution in [-0.2, 0) is 16.4 Å². The molecule has 1 nitrogen and oxygen atoms in total. The van der Waals surface area contributed by atoms with E-state index in [2.05, 4.69) is 66.1 Å². The molecule has 3 heteroatoms. The fourth-order valence-electron chi connectivity index (χ4n) is 1.58. The Labute approximate surface area is 118 Å². The molecule has 1 aromatic rings. The van der Waals surface area contributed by atoms with E-state index in [9.17, 15) is 0 Å². The van der Waals surface area contributed by atoms with Crippen LogP contribution in [-0.4, -0.2) is 8.32 Å². The van der Waals surface area contributed by atoms with Gasteiger partial charge in [0.25, 0.3) is 0 Å². The van der Waals surface area contributed by atoms with Gasteiger partial charge >= 0.3 is 0 Å². The summed E-state index contributed by atoms with van der Waals surface area (Å²) in [4.78, 5) is 1.46. The van der Waals surface area contributed by atoms with Crippen molar-refractivity contribution in [2.24, 2.45) is 0 Å². The highest BCUT2D eigenvalue weighted by Gasteiger charge is 2.37. The molecule has 0 atom stereocenters. The maximum atomic E-state index is 6.32. The minimum Gasteiger partial charge on any atom is -0.413 e. The van der Waals surface area contributed by atoms with Crippen LogP contribution in [0.5, 0.6) is 0 Å². The summed E-state index contributed by atoms with van der Waals surface area (Å²) in [6.45, 7) is 19.1. The highest BCUT2D eigenvalue weighted by atomic mass is 32.1. The highest BCUT2D eigenvalue weighted by molar-refractivity contribution is 7.10. The van der Waals surface area contributed by atoms with Crippen molar-refractivity contribution < 1.29 is 4.43 Å². The molecule has 0 bridgehead atoms. The summed E-state index contributed by atoms with van der Waals surface area (Å²) in [5.41, 5.74) is 1.60. The van der Waals surface area contributed by atoms with Gasteiger partial charge in [0, 0.05) is 4.88 Å². The largest absolute Gasteiger partial charge is 0.413 e. The first-order valence-electron chi connectivity index (χ1n) is 6.66. The second-order valence-electron chi connectivity index (χ2n) is 7.57. The minimum absolute atomic E-state index is 0.223. The van der Waals surface area contributed by atoms with Crippen LogP contribution in [0.15, 0.2) is 11.4 Å². The molecule has 0 unspecified atom stereocenters. The van der Waals surface area contributed by atoms with Gasteiger partial charge in [-0.3, -0.25) is 0 Å². The lowest BCUT2D eigenvalue weighted by molar-refractivity contribution is 0.274. The Kier molecular flexibility index (Phi) is 4.52. The summed E-state index contributed by atoms with van der Waals surface area (Å²) in [5.74, 6) is 0. The fourth-order valence-corrected chi connectivity index (χ4v) is 3.53. The minimum atomic E-state index is -1.64. The van der Waals surface area contributed by atoms with E-state index in [-0.39, 0.29) is 10.5 Å². The lowest BCUT2D eigenvalue weighted by Crippen LogP contribution is -2.40. The third kappa shape index (κ3) is 3.69. The van der Waals surface area contributed by atoms with Gasteiger partial charge in [0.1, 0.15) is 0 Å². The summed E-state index contributed by atoms with van der Waals surface area (Å²) in [6.07, 6.45) is 0. The van der Waals surface area contributed by atoms with Crippen molar-refractivity contribution in [3.8, 4) is 0 Å². The first-order valence-corrected chi connectivity index (χ1v) is 10.4. The predicted octanol–water partition coefficient (Wildman–Crippen LogP) is 5.57. The van der Waals surface area contributed by atoms with Gasteiger partial charge in [0.05, 0.1) is 6.61 Å². The molecule has 18 heavy (non-hydrogen) atoms. The van der Waals surface area contributed by atoms with E-state index in [1.165, 1.54) is 10.4 Å². The van der Waals surface area contributed by atoms with E-state index in [1.54, 1.807) is 0 Å². The Morgan fingerprint density at radius 3 is 2.11 bits per heavy atom. The van der Waals surface area contributed by atoms with E-state index in [4.69, 9.17) is 4.43 Å². The molecule has 0 fully saturated rings. The van der Waals surface area contributed by atoms with Crippen LogP contribution in [0, 0.1) is 0 Å². The van der Waals surface area contributed by atoms with Gasteiger partial charge in [-0.25, -0.2) is 0 Å². The van der Waals surface area contributed by atoms with Gasteiger partial charge in [0.2, 0.25) is 0 Å². The molecule has 0 N–H and O–H groups in total. The van der Waals surface area contributed by atoms with Crippen molar-refractivity contribution in [3.05, 3.63) is 21.9 Å². The molecule has 1 rings (SSSR count). The van der Waals surface area contributed by atoms with Gasteiger partial charge in [-0.15, -0.1) is 11.3 Å². The Bertz CT molecular complexity index is 393. The zero-order chi connectivity index (χ0) is 14.2. The molecule has 0 saturated heterocycles. The molecule has 0 spiro atoms. The topological polar surface area (TPSA) is 9.23 Å². The van der Waals surface area contributed by atoms with Crippen molar-refractivity contribution in [2.45, 2.75) is 71.7 Å². The summed E-state index contributed by atoms with van der Waals surface area (Å²) in [7, 11) is -1.64. The molecule has 0 aliphatic carbocycles. The van der Waals surface area contributed by atoms with Crippen molar-refractivity contribution in [3.63, 3.8) is 0 Å². The molecule has 0 aromatic carbocycles. The monoisotopic (exact) mass is 284 g/mol. The molecular weight excluding hydrogens is 256 g/mol. The van der Waals surface area contributed by atoms with Crippen molar-refractivity contribution in [1.29, 1.82) is 0 Å². The van der Waals surface area contributed by atoms with Crippen LogP contribution in [0.25, 0.3) is 0 Å². The second-order valence-corrected chi connectivity index (χ2v) is 13.3. The third-order valence-electron chi connectivity index (χ3n) is 3.82. The molecule has 1 aromatic heterocycles. The molecule has 104 valence electrons. The Morgan fingerprint density at radius 2 is 1.67 bits per heavy atom. The highest BCUT2D eigenvalue weighted by Crippen LogP contribution is 2.38. The smallest absolute Gasteiger partial charge is 0.192 e. The van der Waals surface area contributed by atoms with E-state index in [0.717, 1.165) is 6.61 Å². The van der Waals surface area contributed by atoms with Crippen LogP contribution in [0.4, 0.5) is 0 Å². The maximum Gasteiger partial charge on any atom is 0.192 e. The number of rotatable bonds is 3. The predicted molar refractivity (Wildman–Crippen MR) is 85.0 cm³/mol. The molecule has 0 saturated carbocycles. The normalized spacial score (nSPS) is 14.0. The average Bonchev–Trinajstić information content (AvgIpc) is 2.59. The fraction of sp³-hybridized carbons (Fsp3) is 0.733. The first kappa shape index (κ1) is 15.9. The summed E-state index contributed by atoms with van der Waals surface area (Å²) in [5, 5.41) is 2.47. The number of hydrogen-bond acceptors (Lipinski definition) is 2. The summed E-state index contributed by atoms with van der Waals surface area (Å²) < 4.78 is 6.32. The zero-order valence-corrected chi connectivity index (χ0v) is 15.0. The van der Waals surface area contributed by atoms with Gasteiger partial charge in [-0.05, 0) is 40.6 Å². The van der Waals surface area contributed by atoms with Crippen LogP contribution < -0.4 is 0 Å². The maximum absolute atomic E-state index is 6.32. The van der Waals surface area contributed by atoms with Crippen molar-refractivity contribution >= 4 is 19.7 Å². The van der Waals surface area contributed by atoms with Gasteiger partial charge in [-0.2, -0.15) is 0 Å². The Balaban J connectivity index is 2.80. The zero-order valence-electron chi connectivity index (χ0n) is 13.2. The quantitative estimate of drug-likeness (QED) is 0.660. The van der Waals surface area contributed by atoms with E-state index < -0.39 is 8.32 Å². The number of thiophene rings is 1. The summed E-state index contributed by atoms with van der Waals surface area (Å²) >= 11 is 1.85. The standard InChI is InChI=1S/C15H28OSSi/c1-14(2,3)13-12(9-10-17-13)11-16-18(7,8)15(4,5)6/h9-10H,11H2,1-8H3. The SMILES string of the molecule is CC(C)(C)c1sccc1CO[Si](C)(C)C(C)(C)C. The van der Waals surface area contributed by atoms with Gasteiger partial charge < -0.3 is 4.43 Å².